The summed E-state index contributed by atoms with van der Waals surface area (Å²) < 4.78 is 5.22. The van der Waals surface area contributed by atoms with Gasteiger partial charge in [0, 0.05) is 16.5 Å². The van der Waals surface area contributed by atoms with Crippen LogP contribution in [-0.2, 0) is 12.0 Å². The van der Waals surface area contributed by atoms with Crippen LogP contribution in [-0.4, -0.2) is 12.1 Å². The average molecular weight is 290 g/mol. The largest absolute Gasteiger partial charge is 0.497 e. The molecule has 2 aromatic rings. The molecule has 20 heavy (non-hydrogen) atoms. The molecule has 0 radical (unpaired) electrons. The average Bonchev–Trinajstić information content (AvgIpc) is 2.86. The highest BCUT2D eigenvalue weighted by molar-refractivity contribution is 7.09. The first-order valence-electron chi connectivity index (χ1n) is 6.73. The lowest BCUT2D eigenvalue weighted by Crippen LogP contribution is -2.12. The van der Waals surface area contributed by atoms with Gasteiger partial charge in [-0.15, -0.1) is 11.3 Å². The minimum absolute atomic E-state index is 0.116. The van der Waals surface area contributed by atoms with E-state index in [2.05, 4.69) is 38.4 Å². The van der Waals surface area contributed by atoms with E-state index in [1.165, 1.54) is 5.56 Å². The van der Waals surface area contributed by atoms with Crippen molar-refractivity contribution in [2.75, 3.05) is 12.4 Å². The molecule has 0 bridgehead atoms. The van der Waals surface area contributed by atoms with Gasteiger partial charge in [-0.05, 0) is 30.7 Å². The number of methoxy groups -OCH3 is 1. The molecule has 0 saturated carbocycles. The third kappa shape index (κ3) is 3.51. The molecular formula is C16H22N2OS. The molecule has 0 atom stereocenters. The van der Waals surface area contributed by atoms with E-state index in [1.807, 2.05) is 18.2 Å². The summed E-state index contributed by atoms with van der Waals surface area (Å²) in [6.45, 7) is 9.40. The van der Waals surface area contributed by atoms with Crippen molar-refractivity contribution in [3.8, 4) is 5.75 Å². The highest BCUT2D eigenvalue weighted by Gasteiger charge is 2.17. The van der Waals surface area contributed by atoms with E-state index in [9.17, 15) is 0 Å². The van der Waals surface area contributed by atoms with Gasteiger partial charge >= 0.3 is 0 Å². The Hall–Kier alpha value is -1.55. The van der Waals surface area contributed by atoms with Gasteiger partial charge in [0.2, 0.25) is 0 Å². The number of aryl methyl sites for hydroxylation is 1. The maximum absolute atomic E-state index is 5.22. The number of nitrogens with zero attached hydrogens (tertiary/aromatic N) is 1. The van der Waals surface area contributed by atoms with Gasteiger partial charge in [0.05, 0.1) is 19.3 Å². The van der Waals surface area contributed by atoms with E-state index in [0.717, 1.165) is 28.7 Å². The zero-order valence-electron chi connectivity index (χ0n) is 12.8. The second-order valence-corrected chi connectivity index (χ2v) is 6.85. The maximum atomic E-state index is 5.22. The molecule has 0 aliphatic rings. The van der Waals surface area contributed by atoms with Crippen LogP contribution in [0.2, 0.25) is 0 Å². The first-order valence-corrected chi connectivity index (χ1v) is 7.61. The number of thiazole rings is 1. The maximum Gasteiger partial charge on any atom is 0.119 e. The second kappa shape index (κ2) is 5.83. The highest BCUT2D eigenvalue weighted by atomic mass is 32.1. The van der Waals surface area contributed by atoms with Crippen molar-refractivity contribution in [3.05, 3.63) is 39.8 Å². The van der Waals surface area contributed by atoms with Gasteiger partial charge in [-0.3, -0.25) is 0 Å². The lowest BCUT2D eigenvalue weighted by Gasteiger charge is -2.14. The minimum Gasteiger partial charge on any atom is -0.497 e. The second-order valence-electron chi connectivity index (χ2n) is 5.91. The summed E-state index contributed by atoms with van der Waals surface area (Å²) in [5.74, 6) is 0.886. The predicted molar refractivity (Wildman–Crippen MR) is 85.9 cm³/mol. The summed E-state index contributed by atoms with van der Waals surface area (Å²) in [4.78, 5) is 4.69. The normalized spacial score (nSPS) is 11.4. The molecule has 0 unspecified atom stereocenters. The first-order chi connectivity index (χ1) is 9.40. The molecular weight excluding hydrogens is 268 g/mol. The molecule has 1 aromatic carbocycles. The number of nitrogens with one attached hydrogen (secondary N) is 1. The number of aromatic nitrogens is 1. The fourth-order valence-electron chi connectivity index (χ4n) is 1.87. The Balaban J connectivity index is 2.04. The van der Waals surface area contributed by atoms with Gasteiger partial charge < -0.3 is 10.1 Å². The summed E-state index contributed by atoms with van der Waals surface area (Å²) >= 11 is 1.71. The van der Waals surface area contributed by atoms with Crippen LogP contribution in [0.5, 0.6) is 5.75 Å². The lowest BCUT2D eigenvalue weighted by molar-refractivity contribution is 0.414. The molecule has 4 heteroatoms. The molecule has 0 fully saturated rings. The monoisotopic (exact) mass is 290 g/mol. The van der Waals surface area contributed by atoms with E-state index in [0.29, 0.717) is 0 Å². The van der Waals surface area contributed by atoms with Crippen molar-refractivity contribution in [1.29, 1.82) is 0 Å². The standard InChI is InChI=1S/C16H22N2OS/c1-11-8-12(19-5)6-7-13(11)17-9-15-18-14(10-20-15)16(2,3)4/h6-8,10,17H,9H2,1-5H3. The van der Waals surface area contributed by atoms with Gasteiger partial charge in [-0.1, -0.05) is 20.8 Å². The molecule has 1 N–H and O–H groups in total. The van der Waals surface area contributed by atoms with Crippen LogP contribution in [0.3, 0.4) is 0 Å². The van der Waals surface area contributed by atoms with Crippen LogP contribution in [0.1, 0.15) is 37.0 Å². The van der Waals surface area contributed by atoms with Gasteiger partial charge in [0.1, 0.15) is 10.8 Å². The first kappa shape index (κ1) is 14.9. The zero-order chi connectivity index (χ0) is 14.8. The Morgan fingerprint density at radius 1 is 1.30 bits per heavy atom. The third-order valence-corrected chi connectivity index (χ3v) is 4.03. The zero-order valence-corrected chi connectivity index (χ0v) is 13.6. The summed E-state index contributed by atoms with van der Waals surface area (Å²) in [5, 5.41) is 6.70. The van der Waals surface area contributed by atoms with E-state index in [1.54, 1.807) is 18.4 Å². The minimum atomic E-state index is 0.116. The van der Waals surface area contributed by atoms with Gasteiger partial charge in [-0.25, -0.2) is 4.98 Å². The molecule has 0 amide bonds. The van der Waals surface area contributed by atoms with Gasteiger partial charge in [0.15, 0.2) is 0 Å². The topological polar surface area (TPSA) is 34.1 Å². The Morgan fingerprint density at radius 2 is 2.05 bits per heavy atom. The van der Waals surface area contributed by atoms with Crippen LogP contribution >= 0.6 is 11.3 Å². The highest BCUT2D eigenvalue weighted by Crippen LogP contribution is 2.25. The van der Waals surface area contributed by atoms with Crippen LogP contribution < -0.4 is 10.1 Å². The predicted octanol–water partition coefficient (Wildman–Crippen LogP) is 4.37. The van der Waals surface area contributed by atoms with Gasteiger partial charge in [-0.2, -0.15) is 0 Å². The molecule has 0 saturated heterocycles. The number of ether oxygens (including phenoxy) is 1. The third-order valence-electron chi connectivity index (χ3n) is 3.18. The molecule has 108 valence electrons. The van der Waals surface area contributed by atoms with Crippen molar-refractivity contribution >= 4 is 17.0 Å². The van der Waals surface area contributed by atoms with E-state index >= 15 is 0 Å². The Bertz CT molecular complexity index is 584. The van der Waals surface area contributed by atoms with Crippen molar-refractivity contribution in [2.45, 2.75) is 39.7 Å². The number of hydrogen-bond donors (Lipinski definition) is 1. The number of anilines is 1. The summed E-state index contributed by atoms with van der Waals surface area (Å²) in [7, 11) is 1.69. The van der Waals surface area contributed by atoms with Crippen LogP contribution in [0.25, 0.3) is 0 Å². The van der Waals surface area contributed by atoms with Crippen LogP contribution in [0.4, 0.5) is 5.69 Å². The fraction of sp³-hybridized carbons (Fsp3) is 0.438. The lowest BCUT2D eigenvalue weighted by atomic mass is 9.93. The van der Waals surface area contributed by atoms with Crippen molar-refractivity contribution < 1.29 is 4.74 Å². The number of benzene rings is 1. The van der Waals surface area contributed by atoms with Crippen LogP contribution in [0.15, 0.2) is 23.6 Å². The molecule has 2 rings (SSSR count). The summed E-state index contributed by atoms with van der Waals surface area (Å²) in [6.07, 6.45) is 0. The molecule has 3 nitrogen and oxygen atoms in total. The van der Waals surface area contributed by atoms with Crippen molar-refractivity contribution in [3.63, 3.8) is 0 Å². The molecule has 1 aromatic heterocycles. The van der Waals surface area contributed by atoms with E-state index in [-0.39, 0.29) is 5.41 Å². The molecule has 0 spiro atoms. The van der Waals surface area contributed by atoms with Gasteiger partial charge in [0.25, 0.3) is 0 Å². The van der Waals surface area contributed by atoms with Crippen molar-refractivity contribution in [1.82, 2.24) is 4.98 Å². The Kier molecular flexibility index (Phi) is 4.33. The van der Waals surface area contributed by atoms with E-state index < -0.39 is 0 Å². The molecule has 1 heterocycles. The van der Waals surface area contributed by atoms with Crippen molar-refractivity contribution in [2.24, 2.45) is 0 Å². The summed E-state index contributed by atoms with van der Waals surface area (Å²) in [5.41, 5.74) is 3.58. The van der Waals surface area contributed by atoms with Crippen LogP contribution in [0, 0.1) is 6.92 Å². The number of hydrogen-bond acceptors (Lipinski definition) is 4. The Morgan fingerprint density at radius 3 is 2.60 bits per heavy atom. The molecule has 0 aliphatic heterocycles. The quantitative estimate of drug-likeness (QED) is 0.908. The smallest absolute Gasteiger partial charge is 0.119 e. The number of rotatable bonds is 4. The van der Waals surface area contributed by atoms with E-state index in [4.69, 9.17) is 9.72 Å². The SMILES string of the molecule is COc1ccc(NCc2nc(C(C)(C)C)cs2)c(C)c1. The fourth-order valence-corrected chi connectivity index (χ4v) is 2.83. The molecule has 0 aliphatic carbocycles. The Labute approximate surface area is 125 Å². The summed E-state index contributed by atoms with van der Waals surface area (Å²) in [6, 6.07) is 6.05.